The molecule has 4 nitrogen and oxygen atoms in total. The molecule has 1 saturated heterocycles. The molecule has 2 heterocycles. The minimum atomic E-state index is 0.235. The lowest BCUT2D eigenvalue weighted by Gasteiger charge is -2.39. The summed E-state index contributed by atoms with van der Waals surface area (Å²) in [6.07, 6.45) is 4.79. The molecule has 0 N–H and O–H groups in total. The number of rotatable bonds is 3. The van der Waals surface area contributed by atoms with Crippen LogP contribution in [0.5, 0.6) is 0 Å². The second-order valence-electron chi connectivity index (χ2n) is 4.36. The molecule has 1 aromatic heterocycles. The second-order valence-corrected chi connectivity index (χ2v) is 4.63. The van der Waals surface area contributed by atoms with Gasteiger partial charge in [0, 0.05) is 12.7 Å². The van der Waals surface area contributed by atoms with Crippen molar-refractivity contribution in [3.05, 3.63) is 18.1 Å². The number of alkyl halides is 1. The summed E-state index contributed by atoms with van der Waals surface area (Å²) in [6.45, 7) is 5.86. The first-order valence-corrected chi connectivity index (χ1v) is 6.53. The lowest BCUT2D eigenvalue weighted by Crippen LogP contribution is -2.49. The van der Waals surface area contributed by atoms with Crippen LogP contribution in [-0.4, -0.2) is 35.3 Å². The first kappa shape index (κ1) is 12.6. The molecule has 1 aliphatic heterocycles. The summed E-state index contributed by atoms with van der Waals surface area (Å²) in [4.78, 5) is 11.0. The lowest BCUT2D eigenvalue weighted by atomic mass is 10.1. The Morgan fingerprint density at radius 2 is 2.35 bits per heavy atom. The summed E-state index contributed by atoms with van der Waals surface area (Å²) >= 11 is 5.79. The molecule has 0 aromatic carbocycles. The SMILES string of the molecule is CCC1COC(C)CN1c1cncc(CCl)n1. The molecule has 94 valence electrons. The molecular weight excluding hydrogens is 238 g/mol. The summed E-state index contributed by atoms with van der Waals surface area (Å²) in [5.74, 6) is 1.31. The molecule has 0 saturated carbocycles. The number of anilines is 1. The predicted octanol–water partition coefficient (Wildman–Crippen LogP) is 2.22. The number of morpholine rings is 1. The second kappa shape index (κ2) is 5.65. The summed E-state index contributed by atoms with van der Waals surface area (Å²) in [6, 6.07) is 0.381. The van der Waals surface area contributed by atoms with Crippen molar-refractivity contribution in [3.8, 4) is 0 Å². The number of halogens is 1. The topological polar surface area (TPSA) is 38.2 Å². The Morgan fingerprint density at radius 1 is 1.53 bits per heavy atom. The zero-order chi connectivity index (χ0) is 12.3. The first-order chi connectivity index (χ1) is 8.24. The molecule has 1 fully saturated rings. The molecule has 0 radical (unpaired) electrons. The third-order valence-electron chi connectivity index (χ3n) is 3.04. The number of nitrogens with zero attached hydrogens (tertiary/aromatic N) is 3. The van der Waals surface area contributed by atoms with Crippen molar-refractivity contribution in [2.45, 2.75) is 38.3 Å². The van der Waals surface area contributed by atoms with E-state index in [1.54, 1.807) is 12.4 Å². The third-order valence-corrected chi connectivity index (χ3v) is 3.32. The van der Waals surface area contributed by atoms with E-state index in [0.29, 0.717) is 11.9 Å². The quantitative estimate of drug-likeness (QED) is 0.777. The predicted molar refractivity (Wildman–Crippen MR) is 68.4 cm³/mol. The Morgan fingerprint density at radius 3 is 3.06 bits per heavy atom. The van der Waals surface area contributed by atoms with Gasteiger partial charge in [-0.25, -0.2) is 4.98 Å². The molecule has 1 aromatic rings. The van der Waals surface area contributed by atoms with Crippen LogP contribution in [0.25, 0.3) is 0 Å². The highest BCUT2D eigenvalue weighted by atomic mass is 35.5. The standard InChI is InChI=1S/C12H18ClN3O/c1-3-11-8-17-9(2)7-16(11)12-6-14-5-10(4-13)15-12/h5-6,9,11H,3-4,7-8H2,1-2H3. The molecule has 0 spiro atoms. The van der Waals surface area contributed by atoms with Crippen LogP contribution in [0.4, 0.5) is 5.82 Å². The van der Waals surface area contributed by atoms with Gasteiger partial charge >= 0.3 is 0 Å². The number of hydrogen-bond donors (Lipinski definition) is 0. The van der Waals surface area contributed by atoms with Gasteiger partial charge in [-0.05, 0) is 13.3 Å². The molecule has 5 heteroatoms. The van der Waals surface area contributed by atoms with Crippen molar-refractivity contribution >= 4 is 17.4 Å². The maximum absolute atomic E-state index is 5.79. The van der Waals surface area contributed by atoms with Crippen molar-refractivity contribution in [3.63, 3.8) is 0 Å². The van der Waals surface area contributed by atoms with Crippen LogP contribution >= 0.6 is 11.6 Å². The molecule has 1 aliphatic rings. The van der Waals surface area contributed by atoms with Gasteiger partial charge in [-0.15, -0.1) is 11.6 Å². The largest absolute Gasteiger partial charge is 0.375 e. The van der Waals surface area contributed by atoms with E-state index in [9.17, 15) is 0 Å². The van der Waals surface area contributed by atoms with E-state index in [4.69, 9.17) is 16.3 Å². The van der Waals surface area contributed by atoms with Crippen LogP contribution in [0.3, 0.4) is 0 Å². The maximum atomic E-state index is 5.79. The van der Waals surface area contributed by atoms with Gasteiger partial charge in [-0.2, -0.15) is 0 Å². The van der Waals surface area contributed by atoms with Gasteiger partial charge in [0.1, 0.15) is 5.82 Å². The summed E-state index contributed by atoms with van der Waals surface area (Å²) in [5, 5.41) is 0. The first-order valence-electron chi connectivity index (χ1n) is 5.99. The van der Waals surface area contributed by atoms with E-state index in [0.717, 1.165) is 31.1 Å². The van der Waals surface area contributed by atoms with Gasteiger partial charge in [0.2, 0.25) is 0 Å². The Kier molecular flexibility index (Phi) is 4.18. The Labute approximate surface area is 107 Å². The third kappa shape index (κ3) is 2.87. The average Bonchev–Trinajstić information content (AvgIpc) is 2.39. The van der Waals surface area contributed by atoms with Crippen LogP contribution in [-0.2, 0) is 10.6 Å². The van der Waals surface area contributed by atoms with Crippen LogP contribution < -0.4 is 4.90 Å². The van der Waals surface area contributed by atoms with E-state index in [1.807, 2.05) is 0 Å². The zero-order valence-electron chi connectivity index (χ0n) is 10.3. The molecule has 0 bridgehead atoms. The van der Waals surface area contributed by atoms with E-state index < -0.39 is 0 Å². The van der Waals surface area contributed by atoms with Crippen LogP contribution in [0.1, 0.15) is 26.0 Å². The summed E-state index contributed by atoms with van der Waals surface area (Å²) in [5.41, 5.74) is 0.818. The van der Waals surface area contributed by atoms with Gasteiger partial charge < -0.3 is 9.64 Å². The highest BCUT2D eigenvalue weighted by molar-refractivity contribution is 6.16. The molecular formula is C12H18ClN3O. The Hall–Kier alpha value is -0.870. The van der Waals surface area contributed by atoms with E-state index >= 15 is 0 Å². The molecule has 2 unspecified atom stereocenters. The normalized spacial score (nSPS) is 25.0. The molecule has 2 rings (SSSR count). The highest BCUT2D eigenvalue weighted by Crippen LogP contribution is 2.21. The highest BCUT2D eigenvalue weighted by Gasteiger charge is 2.26. The number of aromatic nitrogens is 2. The smallest absolute Gasteiger partial charge is 0.147 e. The maximum Gasteiger partial charge on any atom is 0.147 e. The fourth-order valence-corrected chi connectivity index (χ4v) is 2.19. The van der Waals surface area contributed by atoms with Crippen molar-refractivity contribution < 1.29 is 4.74 Å². The van der Waals surface area contributed by atoms with Crippen molar-refractivity contribution in [1.82, 2.24) is 9.97 Å². The van der Waals surface area contributed by atoms with Gasteiger partial charge in [0.25, 0.3) is 0 Å². The van der Waals surface area contributed by atoms with Crippen molar-refractivity contribution in [1.29, 1.82) is 0 Å². The fraction of sp³-hybridized carbons (Fsp3) is 0.667. The minimum Gasteiger partial charge on any atom is -0.375 e. The van der Waals surface area contributed by atoms with Crippen molar-refractivity contribution in [2.75, 3.05) is 18.1 Å². The monoisotopic (exact) mass is 255 g/mol. The van der Waals surface area contributed by atoms with E-state index in [-0.39, 0.29) is 6.10 Å². The molecule has 2 atom stereocenters. The number of ether oxygens (including phenoxy) is 1. The van der Waals surface area contributed by atoms with Crippen LogP contribution in [0.15, 0.2) is 12.4 Å². The van der Waals surface area contributed by atoms with Crippen LogP contribution in [0, 0.1) is 0 Å². The van der Waals surface area contributed by atoms with Crippen LogP contribution in [0.2, 0.25) is 0 Å². The van der Waals surface area contributed by atoms with Gasteiger partial charge in [-0.3, -0.25) is 4.98 Å². The fourth-order valence-electron chi connectivity index (χ4n) is 2.06. The minimum absolute atomic E-state index is 0.235. The number of hydrogen-bond acceptors (Lipinski definition) is 4. The Balaban J connectivity index is 2.22. The molecule has 0 amide bonds. The van der Waals surface area contributed by atoms with Gasteiger partial charge in [0.05, 0.1) is 36.5 Å². The Bertz CT molecular complexity index is 375. The van der Waals surface area contributed by atoms with Crippen molar-refractivity contribution in [2.24, 2.45) is 0 Å². The zero-order valence-corrected chi connectivity index (χ0v) is 11.0. The molecule has 0 aliphatic carbocycles. The lowest BCUT2D eigenvalue weighted by molar-refractivity contribution is 0.0296. The summed E-state index contributed by atoms with van der Waals surface area (Å²) in [7, 11) is 0. The van der Waals surface area contributed by atoms with E-state index in [2.05, 4.69) is 28.7 Å². The molecule has 17 heavy (non-hydrogen) atoms. The van der Waals surface area contributed by atoms with E-state index in [1.165, 1.54) is 0 Å². The average molecular weight is 256 g/mol. The van der Waals surface area contributed by atoms with Gasteiger partial charge in [0.15, 0.2) is 0 Å². The van der Waals surface area contributed by atoms with Gasteiger partial charge in [-0.1, -0.05) is 6.92 Å². The summed E-state index contributed by atoms with van der Waals surface area (Å²) < 4.78 is 5.67.